The molecular weight excluding hydrogens is 787 g/mol. The van der Waals surface area contributed by atoms with Crippen LogP contribution in [0.4, 0.5) is 0 Å². The molecule has 348 valence electrons. The van der Waals surface area contributed by atoms with Crippen molar-refractivity contribution < 1.29 is 29.7 Å². The first-order chi connectivity index (χ1) is 28.3. The number of hydrogen-bond acceptors (Lipinski definition) is 6. The first-order valence-corrected chi connectivity index (χ1v) is 22.7. The van der Waals surface area contributed by atoms with Crippen molar-refractivity contribution in [3.05, 3.63) is 106 Å². The lowest BCUT2D eigenvalue weighted by Crippen LogP contribution is -2.62. The summed E-state index contributed by atoms with van der Waals surface area (Å²) in [5.41, 5.74) is -3.03. The molecule has 0 radical (unpaired) electrons. The van der Waals surface area contributed by atoms with Crippen LogP contribution in [0, 0.1) is 16.2 Å². The lowest BCUT2D eigenvalue weighted by atomic mass is 9.69. The predicted molar refractivity (Wildman–Crippen MR) is 254 cm³/mol. The van der Waals surface area contributed by atoms with Gasteiger partial charge in [0.15, 0.2) is 0 Å². The van der Waals surface area contributed by atoms with Crippen LogP contribution in [-0.2, 0) is 47.4 Å². The third-order valence-corrected chi connectivity index (χ3v) is 13.6. The lowest BCUT2D eigenvalue weighted by molar-refractivity contribution is -0.170. The van der Waals surface area contributed by atoms with Gasteiger partial charge in [0.05, 0.1) is 39.3 Å². The first-order valence-electron chi connectivity index (χ1n) is 22.7. The van der Waals surface area contributed by atoms with Gasteiger partial charge in [0.1, 0.15) is 16.8 Å². The fraction of sp³-hybridized carbons (Fsp3) is 0.611. The Labute approximate surface area is 380 Å². The van der Waals surface area contributed by atoms with E-state index in [0.29, 0.717) is 16.7 Å². The van der Waals surface area contributed by atoms with E-state index in [2.05, 4.69) is 62.3 Å². The van der Waals surface area contributed by atoms with Crippen LogP contribution in [0.3, 0.4) is 0 Å². The molecule has 3 aromatic rings. The minimum Gasteiger partial charge on any atom is -0.384 e. The average molecular weight is 868 g/mol. The van der Waals surface area contributed by atoms with Gasteiger partial charge in [-0.1, -0.05) is 197 Å². The van der Waals surface area contributed by atoms with E-state index >= 15 is 0 Å². The monoisotopic (exact) mass is 868 g/mol. The number of benzene rings is 3. The number of hydrogen-bond donors (Lipinski definition) is 3. The van der Waals surface area contributed by atoms with Crippen LogP contribution in [0.25, 0.3) is 0 Å². The molecule has 1 aliphatic rings. The third kappa shape index (κ3) is 11.1. The quantitative estimate of drug-likeness (QED) is 0.197. The van der Waals surface area contributed by atoms with Crippen molar-refractivity contribution in [2.75, 3.05) is 20.0 Å². The molecule has 1 heterocycles. The molecule has 1 fully saturated rings. The predicted octanol–water partition coefficient (Wildman–Crippen LogP) is 10.2. The van der Waals surface area contributed by atoms with Crippen LogP contribution in [0.5, 0.6) is 0 Å². The van der Waals surface area contributed by atoms with Crippen molar-refractivity contribution in [3.8, 4) is 0 Å². The van der Waals surface area contributed by atoms with E-state index in [1.807, 2.05) is 135 Å². The van der Waals surface area contributed by atoms with E-state index in [0.717, 1.165) is 16.7 Å². The molecule has 0 saturated carbocycles. The van der Waals surface area contributed by atoms with E-state index in [1.54, 1.807) is 0 Å². The smallest absolute Gasteiger partial charge is 0.228 e. The van der Waals surface area contributed by atoms with Crippen LogP contribution in [-0.4, -0.2) is 67.7 Å². The highest BCUT2D eigenvalue weighted by molar-refractivity contribution is 5.83. The van der Waals surface area contributed by atoms with Gasteiger partial charge >= 0.3 is 0 Å². The molecule has 3 amide bonds. The highest BCUT2D eigenvalue weighted by Crippen LogP contribution is 2.47. The summed E-state index contributed by atoms with van der Waals surface area (Å²) in [7, 11) is 0. The normalized spacial score (nSPS) is 17.8. The number of carbonyl (C=O) groups excluding carboxylic acids is 3. The molecule has 9 heteroatoms. The highest BCUT2D eigenvalue weighted by atomic mass is 16.3. The van der Waals surface area contributed by atoms with E-state index < -0.39 is 50.8 Å². The van der Waals surface area contributed by atoms with Gasteiger partial charge in [-0.25, -0.2) is 0 Å². The standard InChI is InChI=1S/C54H81N3O6/c1-46(2,3)37-22-19-25-40(28-37)52(61,49(10,11)12)31-43(58)55-34-56(44(59)32-53(62,50(13,14)15)41-26-20-23-38(29-41)47(4,5)6)36-57(35-55)45(60)33-54(63,51(16,17)18)42-27-21-24-39(30-42)48(7,8)9/h19-30,61-63H,31-36H2,1-18H3. The average Bonchev–Trinajstić information content (AvgIpc) is 3.15. The molecule has 3 aromatic carbocycles. The molecule has 1 saturated heterocycles. The van der Waals surface area contributed by atoms with Crippen molar-refractivity contribution in [1.82, 2.24) is 14.7 Å². The van der Waals surface area contributed by atoms with E-state index in [4.69, 9.17) is 0 Å². The van der Waals surface area contributed by atoms with Gasteiger partial charge in [0.2, 0.25) is 17.7 Å². The van der Waals surface area contributed by atoms with Crippen LogP contribution in [0.2, 0.25) is 0 Å². The summed E-state index contributed by atoms with van der Waals surface area (Å²) in [6.45, 7) is 35.5. The summed E-state index contributed by atoms with van der Waals surface area (Å²) in [4.78, 5) is 48.8. The van der Waals surface area contributed by atoms with Gasteiger partial charge < -0.3 is 30.0 Å². The molecule has 1 aliphatic heterocycles. The Hall–Kier alpha value is -4.05. The minimum absolute atomic E-state index is 0.164. The summed E-state index contributed by atoms with van der Waals surface area (Å²) < 4.78 is 0. The first kappa shape index (κ1) is 51.6. The molecule has 63 heavy (non-hydrogen) atoms. The maximum atomic E-state index is 14.8. The van der Waals surface area contributed by atoms with Gasteiger partial charge in [0, 0.05) is 0 Å². The molecule has 0 aromatic heterocycles. The second-order valence-electron chi connectivity index (χ2n) is 24.6. The zero-order valence-electron chi connectivity index (χ0n) is 42.1. The Morgan fingerprint density at radius 1 is 0.381 bits per heavy atom. The second-order valence-corrected chi connectivity index (χ2v) is 24.6. The highest BCUT2D eigenvalue weighted by Gasteiger charge is 2.49. The Kier molecular flexibility index (Phi) is 14.2. The van der Waals surface area contributed by atoms with Gasteiger partial charge in [-0.15, -0.1) is 0 Å². The molecule has 0 bridgehead atoms. The molecule has 3 N–H and O–H groups in total. The SMILES string of the molecule is CC(C)(C)c1cccc(C(O)(CC(=O)N2CN(C(=O)CC(O)(c3cccc(C(C)(C)C)c3)C(C)(C)C)CN(C(=O)CC(O)(c3cccc(C(C)(C)C)c3)C(C)(C)C)C2)C(C)(C)C)c1. The van der Waals surface area contributed by atoms with Crippen molar-refractivity contribution in [1.29, 1.82) is 0 Å². The Balaban J connectivity index is 1.82. The van der Waals surface area contributed by atoms with E-state index in [1.165, 1.54) is 14.7 Å². The molecule has 0 aliphatic carbocycles. The molecule has 3 atom stereocenters. The Bertz CT molecular complexity index is 1890. The molecule has 0 spiro atoms. The van der Waals surface area contributed by atoms with Crippen LogP contribution >= 0.6 is 0 Å². The van der Waals surface area contributed by atoms with Crippen molar-refractivity contribution in [2.24, 2.45) is 16.2 Å². The summed E-state index contributed by atoms with van der Waals surface area (Å²) in [5.74, 6) is -1.34. The molecule has 9 nitrogen and oxygen atoms in total. The maximum absolute atomic E-state index is 14.8. The molecular formula is C54H81N3O6. The number of carbonyl (C=O) groups is 3. The Morgan fingerprint density at radius 2 is 0.571 bits per heavy atom. The Morgan fingerprint density at radius 3 is 0.746 bits per heavy atom. The topological polar surface area (TPSA) is 122 Å². The summed E-state index contributed by atoms with van der Waals surface area (Å²) >= 11 is 0. The summed E-state index contributed by atoms with van der Waals surface area (Å²) in [6, 6.07) is 23.2. The summed E-state index contributed by atoms with van der Waals surface area (Å²) in [5, 5.41) is 38.0. The fourth-order valence-corrected chi connectivity index (χ4v) is 8.35. The number of nitrogens with zero attached hydrogens (tertiary/aromatic N) is 3. The second kappa shape index (κ2) is 17.4. The van der Waals surface area contributed by atoms with Gasteiger partial charge in [-0.2, -0.15) is 0 Å². The van der Waals surface area contributed by atoms with Gasteiger partial charge in [-0.05, 0) is 65.9 Å². The molecule has 3 unspecified atom stereocenters. The lowest BCUT2D eigenvalue weighted by Gasteiger charge is -2.48. The number of amides is 3. The maximum Gasteiger partial charge on any atom is 0.228 e. The third-order valence-electron chi connectivity index (χ3n) is 13.6. The van der Waals surface area contributed by atoms with Crippen molar-refractivity contribution in [3.63, 3.8) is 0 Å². The van der Waals surface area contributed by atoms with Crippen LogP contribution < -0.4 is 0 Å². The summed E-state index contributed by atoms with van der Waals surface area (Å²) in [6.07, 6.45) is -0.943. The largest absolute Gasteiger partial charge is 0.384 e. The number of rotatable bonds is 9. The van der Waals surface area contributed by atoms with E-state index in [9.17, 15) is 29.7 Å². The van der Waals surface area contributed by atoms with Crippen molar-refractivity contribution in [2.45, 2.75) is 177 Å². The molecule has 4 rings (SSSR count). The zero-order chi connectivity index (χ0) is 48.2. The van der Waals surface area contributed by atoms with Crippen LogP contribution in [0.1, 0.15) is 177 Å². The fourth-order valence-electron chi connectivity index (χ4n) is 8.35. The number of aliphatic hydroxyl groups is 3. The van der Waals surface area contributed by atoms with Gasteiger partial charge in [-0.3, -0.25) is 14.4 Å². The van der Waals surface area contributed by atoms with E-state index in [-0.39, 0.29) is 55.5 Å². The zero-order valence-corrected chi connectivity index (χ0v) is 42.1. The van der Waals surface area contributed by atoms with Gasteiger partial charge in [0.25, 0.3) is 0 Å². The minimum atomic E-state index is -1.62. The van der Waals surface area contributed by atoms with Crippen LogP contribution in [0.15, 0.2) is 72.8 Å². The van der Waals surface area contributed by atoms with Crippen molar-refractivity contribution >= 4 is 17.7 Å².